The average Bonchev–Trinajstić information content (AvgIpc) is 3.22. The van der Waals surface area contributed by atoms with Crippen molar-refractivity contribution in [3.8, 4) is 5.75 Å². The van der Waals surface area contributed by atoms with Gasteiger partial charge in [-0.25, -0.2) is 0 Å². The average molecular weight is 421 g/mol. The summed E-state index contributed by atoms with van der Waals surface area (Å²) in [5.41, 5.74) is 2.11. The van der Waals surface area contributed by atoms with Crippen molar-refractivity contribution in [2.45, 2.75) is 6.54 Å². The van der Waals surface area contributed by atoms with Crippen LogP contribution in [0.4, 0.5) is 0 Å². The summed E-state index contributed by atoms with van der Waals surface area (Å²) in [5, 5.41) is 1.10. The molecule has 0 unspecified atom stereocenters. The molecule has 0 radical (unpaired) electrons. The molecule has 1 aliphatic heterocycles. The van der Waals surface area contributed by atoms with E-state index >= 15 is 0 Å². The first-order valence-electron chi connectivity index (χ1n) is 9.29. The van der Waals surface area contributed by atoms with E-state index in [4.69, 9.17) is 17.0 Å². The van der Waals surface area contributed by atoms with Gasteiger partial charge in [0, 0.05) is 29.2 Å². The number of hydrogen-bond acceptors (Lipinski definition) is 4. The fraction of sp³-hybridized carbons (Fsp3) is 0.130. The van der Waals surface area contributed by atoms with E-state index in [1.807, 2.05) is 48.5 Å². The zero-order valence-electron chi connectivity index (χ0n) is 15.8. The van der Waals surface area contributed by atoms with Gasteiger partial charge in [-0.15, -0.1) is 6.58 Å². The van der Waals surface area contributed by atoms with Gasteiger partial charge in [0.2, 0.25) is 0 Å². The molecule has 146 valence electrons. The summed E-state index contributed by atoms with van der Waals surface area (Å²) in [6, 6.07) is 18.0. The number of hydrogen-bond donors (Lipinski definition) is 0. The molecule has 0 bridgehead atoms. The minimum Gasteiger partial charge on any atom is -0.492 e. The lowest BCUT2D eigenvalue weighted by atomic mass is 10.1. The molecule has 0 atom stereocenters. The van der Waals surface area contributed by atoms with Crippen LogP contribution >= 0.6 is 24.0 Å². The standard InChI is InChI=1S/C23H20N2O2S2/c1-2-12-25-22(26)21(29-23(25)28)15-17-16-24(20-11-7-6-10-19(17)20)13-14-27-18-8-4-3-5-9-18/h2-11,15-16H,1,12-14H2/b21-15+. The van der Waals surface area contributed by atoms with Crippen molar-refractivity contribution < 1.29 is 9.53 Å². The fourth-order valence-corrected chi connectivity index (χ4v) is 4.55. The second-order valence-corrected chi connectivity index (χ2v) is 8.21. The highest BCUT2D eigenvalue weighted by molar-refractivity contribution is 8.26. The SMILES string of the molecule is C=CCN1C(=O)/C(=C\c2cn(CCOc3ccccc3)c3ccccc23)SC1=S. The Morgan fingerprint density at radius 1 is 1.10 bits per heavy atom. The number of thiocarbonyl (C=S) groups is 1. The van der Waals surface area contributed by atoms with E-state index in [1.54, 1.807) is 11.0 Å². The Morgan fingerprint density at radius 2 is 1.86 bits per heavy atom. The highest BCUT2D eigenvalue weighted by atomic mass is 32.2. The number of carbonyl (C=O) groups excluding carboxylic acids is 1. The van der Waals surface area contributed by atoms with E-state index < -0.39 is 0 Å². The Hall–Kier alpha value is -2.83. The lowest BCUT2D eigenvalue weighted by molar-refractivity contribution is -0.121. The summed E-state index contributed by atoms with van der Waals surface area (Å²) >= 11 is 6.68. The van der Waals surface area contributed by atoms with E-state index in [0.29, 0.717) is 28.9 Å². The van der Waals surface area contributed by atoms with Gasteiger partial charge in [-0.05, 0) is 24.3 Å². The summed E-state index contributed by atoms with van der Waals surface area (Å²) in [4.78, 5) is 14.9. The van der Waals surface area contributed by atoms with Gasteiger partial charge in [-0.1, -0.05) is 66.5 Å². The number of ether oxygens (including phenoxy) is 1. The van der Waals surface area contributed by atoms with Crippen LogP contribution in [0, 0.1) is 0 Å². The molecule has 1 fully saturated rings. The van der Waals surface area contributed by atoms with Crippen molar-refractivity contribution in [3.05, 3.63) is 83.9 Å². The van der Waals surface area contributed by atoms with Crippen molar-refractivity contribution in [3.63, 3.8) is 0 Å². The van der Waals surface area contributed by atoms with E-state index in [2.05, 4.69) is 29.5 Å². The van der Waals surface area contributed by atoms with Crippen LogP contribution in [0.2, 0.25) is 0 Å². The van der Waals surface area contributed by atoms with Crippen LogP contribution in [0.3, 0.4) is 0 Å². The van der Waals surface area contributed by atoms with Crippen LogP contribution in [0.1, 0.15) is 5.56 Å². The lowest BCUT2D eigenvalue weighted by Gasteiger charge is -2.10. The molecule has 0 spiro atoms. The van der Waals surface area contributed by atoms with Crippen LogP contribution < -0.4 is 4.74 Å². The Morgan fingerprint density at radius 3 is 2.66 bits per heavy atom. The largest absolute Gasteiger partial charge is 0.492 e. The molecule has 6 heteroatoms. The fourth-order valence-electron chi connectivity index (χ4n) is 3.28. The molecular formula is C23H20N2O2S2. The van der Waals surface area contributed by atoms with E-state index in [1.165, 1.54) is 11.8 Å². The van der Waals surface area contributed by atoms with E-state index in [9.17, 15) is 4.79 Å². The number of benzene rings is 2. The number of aromatic nitrogens is 1. The number of fused-ring (bicyclic) bond motifs is 1. The lowest BCUT2D eigenvalue weighted by Crippen LogP contribution is -2.27. The molecule has 1 amide bonds. The highest BCUT2D eigenvalue weighted by Crippen LogP contribution is 2.34. The summed E-state index contributed by atoms with van der Waals surface area (Å²) < 4.78 is 8.58. The van der Waals surface area contributed by atoms with Crippen LogP contribution in [-0.4, -0.2) is 32.8 Å². The van der Waals surface area contributed by atoms with Crippen molar-refractivity contribution in [2.24, 2.45) is 0 Å². The molecule has 3 aromatic rings. The molecule has 1 saturated heterocycles. The number of rotatable bonds is 7. The third-order valence-electron chi connectivity index (χ3n) is 4.64. The first kappa shape index (κ1) is 19.5. The Kier molecular flexibility index (Phi) is 5.83. The Bertz CT molecular complexity index is 1100. The van der Waals surface area contributed by atoms with Crippen LogP contribution in [0.15, 0.2) is 78.4 Å². The predicted octanol–water partition coefficient (Wildman–Crippen LogP) is 5.11. The molecule has 2 heterocycles. The summed E-state index contributed by atoms with van der Waals surface area (Å²) in [5.74, 6) is 0.791. The molecule has 0 aliphatic carbocycles. The molecule has 0 saturated carbocycles. The van der Waals surface area contributed by atoms with Gasteiger partial charge in [-0.3, -0.25) is 9.69 Å². The summed E-state index contributed by atoms with van der Waals surface area (Å²) in [7, 11) is 0. The van der Waals surface area contributed by atoms with Gasteiger partial charge in [0.25, 0.3) is 5.91 Å². The third-order valence-corrected chi connectivity index (χ3v) is 6.01. The molecule has 1 aromatic heterocycles. The van der Waals surface area contributed by atoms with Gasteiger partial charge < -0.3 is 9.30 Å². The number of carbonyl (C=O) groups is 1. The maximum Gasteiger partial charge on any atom is 0.266 e. The maximum absolute atomic E-state index is 12.7. The monoisotopic (exact) mass is 420 g/mol. The zero-order chi connectivity index (χ0) is 20.2. The van der Waals surface area contributed by atoms with Crippen LogP contribution in [0.5, 0.6) is 5.75 Å². The van der Waals surface area contributed by atoms with Crippen molar-refractivity contribution in [1.29, 1.82) is 0 Å². The van der Waals surface area contributed by atoms with Gasteiger partial charge >= 0.3 is 0 Å². The Balaban J connectivity index is 1.58. The Labute approximate surface area is 179 Å². The molecule has 0 N–H and O–H groups in total. The molecule has 1 aliphatic rings. The van der Waals surface area contributed by atoms with Gasteiger partial charge in [-0.2, -0.15) is 0 Å². The van der Waals surface area contributed by atoms with Gasteiger partial charge in [0.1, 0.15) is 16.7 Å². The van der Waals surface area contributed by atoms with Crippen LogP contribution in [-0.2, 0) is 11.3 Å². The van der Waals surface area contributed by atoms with Gasteiger partial charge in [0.05, 0.1) is 11.4 Å². The maximum atomic E-state index is 12.7. The smallest absolute Gasteiger partial charge is 0.266 e. The molecule has 4 rings (SSSR count). The second-order valence-electron chi connectivity index (χ2n) is 6.54. The zero-order valence-corrected chi connectivity index (χ0v) is 17.4. The third kappa shape index (κ3) is 4.13. The van der Waals surface area contributed by atoms with Crippen molar-refractivity contribution >= 4 is 51.2 Å². The van der Waals surface area contributed by atoms with Crippen molar-refractivity contribution in [1.82, 2.24) is 9.47 Å². The normalized spacial score (nSPS) is 15.4. The molecule has 4 nitrogen and oxygen atoms in total. The highest BCUT2D eigenvalue weighted by Gasteiger charge is 2.31. The van der Waals surface area contributed by atoms with Crippen LogP contribution in [0.25, 0.3) is 17.0 Å². The van der Waals surface area contributed by atoms with Gasteiger partial charge in [0.15, 0.2) is 0 Å². The number of amides is 1. The molecule has 2 aromatic carbocycles. The summed E-state index contributed by atoms with van der Waals surface area (Å²) in [6.07, 6.45) is 5.69. The molecular weight excluding hydrogens is 400 g/mol. The first-order valence-corrected chi connectivity index (χ1v) is 10.5. The minimum absolute atomic E-state index is 0.0656. The van der Waals surface area contributed by atoms with Crippen molar-refractivity contribution in [2.75, 3.05) is 13.2 Å². The number of thioether (sulfide) groups is 1. The number of para-hydroxylation sites is 2. The minimum atomic E-state index is -0.0656. The van der Waals surface area contributed by atoms with E-state index in [0.717, 1.165) is 22.2 Å². The quantitative estimate of drug-likeness (QED) is 0.302. The molecule has 29 heavy (non-hydrogen) atoms. The summed E-state index contributed by atoms with van der Waals surface area (Å²) in [6.45, 7) is 5.40. The first-order chi connectivity index (χ1) is 14.2. The number of nitrogens with zero attached hydrogens (tertiary/aromatic N) is 2. The topological polar surface area (TPSA) is 34.5 Å². The predicted molar refractivity (Wildman–Crippen MR) is 124 cm³/mol. The second kappa shape index (κ2) is 8.68. The van der Waals surface area contributed by atoms with E-state index in [-0.39, 0.29) is 5.91 Å².